The number of alkyl halides is 2. The van der Waals surface area contributed by atoms with Crippen molar-refractivity contribution in [3.8, 4) is 5.75 Å². The first-order chi connectivity index (χ1) is 15.0. The number of carbonyl (C=O) groups is 1. The lowest BCUT2D eigenvalue weighted by Gasteiger charge is -2.29. The summed E-state index contributed by atoms with van der Waals surface area (Å²) in [7, 11) is 0. The fourth-order valence-corrected chi connectivity index (χ4v) is 3.53. The van der Waals surface area contributed by atoms with Gasteiger partial charge in [0, 0.05) is 25.2 Å². The highest BCUT2D eigenvalue weighted by molar-refractivity contribution is 14.0. The number of rotatable bonds is 7. The Balaban J connectivity index is 0.00000363. The molecule has 0 aromatic heterocycles. The van der Waals surface area contributed by atoms with E-state index in [1.165, 1.54) is 17.2 Å². The molecule has 2 aromatic carbocycles. The summed E-state index contributed by atoms with van der Waals surface area (Å²) in [4.78, 5) is 19.0. The number of amides is 1. The molecule has 2 aromatic rings. The maximum absolute atomic E-state index is 12.7. The molecule has 9 heteroatoms. The number of aliphatic imine (C=N–C) groups is 1. The van der Waals surface area contributed by atoms with Crippen molar-refractivity contribution < 1.29 is 18.3 Å². The number of halogens is 3. The largest absolute Gasteiger partial charge is 0.434 e. The number of hydrogen-bond acceptors (Lipinski definition) is 3. The molecule has 0 atom stereocenters. The number of nitrogens with one attached hydrogen (secondary N) is 2. The van der Waals surface area contributed by atoms with Crippen molar-refractivity contribution in [1.82, 2.24) is 15.5 Å². The van der Waals surface area contributed by atoms with Crippen molar-refractivity contribution >= 4 is 35.8 Å². The fraction of sp³-hybridized carbons (Fsp3) is 0.391. The van der Waals surface area contributed by atoms with E-state index in [0.717, 1.165) is 12.0 Å². The summed E-state index contributed by atoms with van der Waals surface area (Å²) in [5, 5.41) is 6.13. The van der Waals surface area contributed by atoms with Crippen LogP contribution in [0.4, 0.5) is 8.78 Å². The quantitative estimate of drug-likeness (QED) is 0.308. The van der Waals surface area contributed by atoms with E-state index in [1.54, 1.807) is 12.1 Å². The second-order valence-corrected chi connectivity index (χ2v) is 7.37. The number of fused-ring (bicyclic) bond motifs is 1. The Morgan fingerprint density at radius 1 is 1.19 bits per heavy atom. The van der Waals surface area contributed by atoms with Crippen LogP contribution in [0, 0.1) is 6.92 Å². The Hall–Kier alpha value is -2.43. The van der Waals surface area contributed by atoms with Gasteiger partial charge >= 0.3 is 6.61 Å². The molecule has 2 N–H and O–H groups in total. The first-order valence-corrected chi connectivity index (χ1v) is 10.4. The zero-order valence-corrected chi connectivity index (χ0v) is 20.6. The Morgan fingerprint density at radius 2 is 1.94 bits per heavy atom. The molecule has 0 spiro atoms. The van der Waals surface area contributed by atoms with Crippen LogP contribution in [-0.4, -0.2) is 43.0 Å². The first kappa shape index (κ1) is 25.8. The van der Waals surface area contributed by atoms with Crippen LogP contribution in [0.25, 0.3) is 0 Å². The second-order valence-electron chi connectivity index (χ2n) is 7.37. The van der Waals surface area contributed by atoms with Crippen LogP contribution in [0.1, 0.15) is 29.2 Å². The van der Waals surface area contributed by atoms with Gasteiger partial charge in [-0.15, -0.1) is 24.0 Å². The predicted octanol–water partition coefficient (Wildman–Crippen LogP) is 3.85. The third-order valence-electron chi connectivity index (χ3n) is 5.07. The third-order valence-corrected chi connectivity index (χ3v) is 5.07. The van der Waals surface area contributed by atoms with Gasteiger partial charge in [0.1, 0.15) is 5.75 Å². The van der Waals surface area contributed by atoms with E-state index in [4.69, 9.17) is 0 Å². The van der Waals surface area contributed by atoms with Crippen LogP contribution in [0.2, 0.25) is 0 Å². The van der Waals surface area contributed by atoms with Gasteiger partial charge in [-0.05, 0) is 37.5 Å². The van der Waals surface area contributed by atoms with Crippen molar-refractivity contribution in [1.29, 1.82) is 0 Å². The molecule has 32 heavy (non-hydrogen) atoms. The van der Waals surface area contributed by atoms with E-state index >= 15 is 0 Å². The number of hydrogen-bond donors (Lipinski definition) is 2. The monoisotopic (exact) mass is 558 g/mol. The predicted molar refractivity (Wildman–Crippen MR) is 132 cm³/mol. The van der Waals surface area contributed by atoms with E-state index < -0.39 is 6.61 Å². The molecule has 0 unspecified atom stereocenters. The minimum Gasteiger partial charge on any atom is -0.434 e. The molecule has 1 amide bonds. The van der Waals surface area contributed by atoms with E-state index in [9.17, 15) is 13.6 Å². The van der Waals surface area contributed by atoms with Crippen LogP contribution in [-0.2, 0) is 24.3 Å². The lowest BCUT2D eigenvalue weighted by Crippen LogP contribution is -2.45. The van der Waals surface area contributed by atoms with Gasteiger partial charge in [-0.2, -0.15) is 8.78 Å². The smallest absolute Gasteiger partial charge is 0.387 e. The average Bonchev–Trinajstić information content (AvgIpc) is 2.76. The third kappa shape index (κ3) is 7.32. The normalized spacial score (nSPS) is 13.3. The Kier molecular flexibility index (Phi) is 10.1. The summed E-state index contributed by atoms with van der Waals surface area (Å²) in [6.07, 6.45) is 0.844. The Bertz CT molecular complexity index is 940. The van der Waals surface area contributed by atoms with E-state index in [-0.39, 0.29) is 48.7 Å². The summed E-state index contributed by atoms with van der Waals surface area (Å²) in [5.41, 5.74) is 3.94. The lowest BCUT2D eigenvalue weighted by molar-refractivity contribution is -0.130. The second kappa shape index (κ2) is 12.6. The molecule has 1 aliphatic heterocycles. The zero-order valence-electron chi connectivity index (χ0n) is 18.2. The average molecular weight is 558 g/mol. The summed E-state index contributed by atoms with van der Waals surface area (Å²) in [5.74, 6) is 0.526. The van der Waals surface area contributed by atoms with Crippen LogP contribution in [0.5, 0.6) is 5.75 Å². The van der Waals surface area contributed by atoms with Gasteiger partial charge in [0.2, 0.25) is 5.91 Å². The van der Waals surface area contributed by atoms with Crippen LogP contribution >= 0.6 is 24.0 Å². The number of aryl methyl sites for hydroxylation is 1. The van der Waals surface area contributed by atoms with Crippen molar-refractivity contribution in [3.05, 3.63) is 64.7 Å². The number of benzene rings is 2. The zero-order chi connectivity index (χ0) is 22.2. The summed E-state index contributed by atoms with van der Waals surface area (Å²) < 4.78 is 29.9. The molecule has 0 bridgehead atoms. The van der Waals surface area contributed by atoms with Crippen LogP contribution in [0.3, 0.4) is 0 Å². The van der Waals surface area contributed by atoms with Gasteiger partial charge in [0.15, 0.2) is 5.96 Å². The van der Waals surface area contributed by atoms with Gasteiger partial charge in [0.05, 0.1) is 13.1 Å². The molecule has 3 rings (SSSR count). The van der Waals surface area contributed by atoms with Crippen LogP contribution in [0.15, 0.2) is 47.5 Å². The van der Waals surface area contributed by atoms with Crippen molar-refractivity contribution in [2.45, 2.75) is 40.0 Å². The summed E-state index contributed by atoms with van der Waals surface area (Å²) in [6, 6.07) is 13.1. The van der Waals surface area contributed by atoms with Gasteiger partial charge in [-0.3, -0.25) is 4.79 Å². The van der Waals surface area contributed by atoms with Crippen molar-refractivity contribution in [2.24, 2.45) is 4.99 Å². The molecule has 174 valence electrons. The Labute approximate surface area is 204 Å². The van der Waals surface area contributed by atoms with Crippen molar-refractivity contribution in [2.75, 3.05) is 19.6 Å². The molecule has 0 saturated carbocycles. The topological polar surface area (TPSA) is 66.0 Å². The highest BCUT2D eigenvalue weighted by atomic mass is 127. The lowest BCUT2D eigenvalue weighted by atomic mass is 10.00. The molecule has 1 heterocycles. The van der Waals surface area contributed by atoms with E-state index in [2.05, 4.69) is 32.5 Å². The number of nitrogens with zero attached hydrogens (tertiary/aromatic N) is 2. The van der Waals surface area contributed by atoms with Crippen molar-refractivity contribution in [3.63, 3.8) is 0 Å². The highest BCUT2D eigenvalue weighted by Gasteiger charge is 2.20. The van der Waals surface area contributed by atoms with Gasteiger partial charge in [0.25, 0.3) is 0 Å². The SMILES string of the molecule is CCNC(=NCc1cc(C)ccc1OC(F)F)NCC(=O)N1CCc2ccccc2C1.I. The maximum atomic E-state index is 12.7. The minimum atomic E-state index is -2.90. The van der Waals surface area contributed by atoms with E-state index in [0.29, 0.717) is 31.2 Å². The Morgan fingerprint density at radius 3 is 2.66 bits per heavy atom. The fourth-order valence-electron chi connectivity index (χ4n) is 3.53. The van der Waals surface area contributed by atoms with Crippen LogP contribution < -0.4 is 15.4 Å². The number of carbonyl (C=O) groups excluding carboxylic acids is 1. The highest BCUT2D eigenvalue weighted by Crippen LogP contribution is 2.23. The standard InChI is InChI=1S/C23H28F2N4O2.HI/c1-3-26-23(27-13-19-12-16(2)8-9-20(19)31-22(24)25)28-14-21(30)29-11-10-17-6-4-5-7-18(17)15-29;/h4-9,12,22H,3,10-11,13-15H2,1-2H3,(H2,26,27,28);1H. The molecule has 0 saturated heterocycles. The molecule has 0 fully saturated rings. The molecular weight excluding hydrogens is 529 g/mol. The van der Waals surface area contributed by atoms with E-state index in [1.807, 2.05) is 30.9 Å². The molecule has 1 aliphatic rings. The van der Waals surface area contributed by atoms with Gasteiger partial charge in [-0.1, -0.05) is 42.0 Å². The molecule has 0 radical (unpaired) electrons. The number of ether oxygens (including phenoxy) is 1. The van der Waals surface area contributed by atoms with Gasteiger partial charge < -0.3 is 20.3 Å². The summed E-state index contributed by atoms with van der Waals surface area (Å²) in [6.45, 7) is 3.02. The number of guanidine groups is 1. The summed E-state index contributed by atoms with van der Waals surface area (Å²) >= 11 is 0. The molecule has 0 aliphatic carbocycles. The minimum absolute atomic E-state index is 0. The maximum Gasteiger partial charge on any atom is 0.387 e. The molecular formula is C23H29F2IN4O2. The first-order valence-electron chi connectivity index (χ1n) is 10.4. The molecule has 6 nitrogen and oxygen atoms in total. The van der Waals surface area contributed by atoms with Gasteiger partial charge in [-0.25, -0.2) is 4.99 Å².